The van der Waals surface area contributed by atoms with Gasteiger partial charge in [0.2, 0.25) is 10.0 Å². The number of aryl methyl sites for hydroxylation is 1. The molecule has 1 aliphatic rings. The summed E-state index contributed by atoms with van der Waals surface area (Å²) >= 11 is 0. The maximum atomic E-state index is 14.1. The van der Waals surface area contributed by atoms with Gasteiger partial charge in [-0.1, -0.05) is 6.92 Å². The van der Waals surface area contributed by atoms with Gasteiger partial charge in [-0.3, -0.25) is 9.52 Å². The first-order valence-electron chi connectivity index (χ1n) is 13.9. The SMILES string of the molecule is C[C@@H]1CCCCO[C@@H](CN(C)S(=O)(=O)c2cn(C)cn2)[C@H](C)CN([C@H](C)CO)C(=O)c2cc(NS(C)(=O)=O)ccc2O1. The van der Waals surface area contributed by atoms with Gasteiger partial charge in [-0.15, -0.1) is 0 Å². The minimum absolute atomic E-state index is 0.0220. The molecule has 0 radical (unpaired) electrons. The number of fused-ring (bicyclic) bond motifs is 1. The molecule has 0 saturated carbocycles. The monoisotopic (exact) mass is 629 g/mol. The highest BCUT2D eigenvalue weighted by Crippen LogP contribution is 2.29. The largest absolute Gasteiger partial charge is 0.490 e. The third kappa shape index (κ3) is 8.89. The molecular formula is C27H43N5O8S2. The zero-order valence-electron chi connectivity index (χ0n) is 25.1. The molecule has 2 N–H and O–H groups in total. The first-order chi connectivity index (χ1) is 19.6. The number of ether oxygens (including phenoxy) is 2. The third-order valence-corrected chi connectivity index (χ3v) is 9.46. The zero-order chi connectivity index (χ0) is 31.2. The van der Waals surface area contributed by atoms with E-state index in [9.17, 15) is 26.7 Å². The van der Waals surface area contributed by atoms with Crippen molar-refractivity contribution in [3.05, 3.63) is 36.3 Å². The molecule has 0 fully saturated rings. The van der Waals surface area contributed by atoms with Gasteiger partial charge in [-0.2, -0.15) is 4.31 Å². The van der Waals surface area contributed by atoms with Gasteiger partial charge < -0.3 is 24.0 Å². The van der Waals surface area contributed by atoms with Gasteiger partial charge in [0.25, 0.3) is 15.9 Å². The van der Waals surface area contributed by atoms with Crippen molar-refractivity contribution in [2.75, 3.05) is 44.3 Å². The second kappa shape index (κ2) is 14.2. The number of hydrogen-bond acceptors (Lipinski definition) is 9. The average Bonchev–Trinajstić information content (AvgIpc) is 3.36. The number of amides is 1. The Bertz CT molecular complexity index is 1430. The van der Waals surface area contributed by atoms with Crippen LogP contribution in [0, 0.1) is 5.92 Å². The Labute approximate surface area is 248 Å². The second-order valence-electron chi connectivity index (χ2n) is 11.0. The molecular weight excluding hydrogens is 586 g/mol. The molecule has 15 heteroatoms. The molecule has 0 unspecified atom stereocenters. The summed E-state index contributed by atoms with van der Waals surface area (Å²) in [7, 11) is -4.34. The van der Waals surface area contributed by atoms with Gasteiger partial charge in [0.15, 0.2) is 5.03 Å². The summed E-state index contributed by atoms with van der Waals surface area (Å²) in [6, 6.07) is 3.92. The molecule has 1 aromatic heterocycles. The van der Waals surface area contributed by atoms with Crippen LogP contribution in [0.4, 0.5) is 5.69 Å². The van der Waals surface area contributed by atoms with Crippen LogP contribution in [0.25, 0.3) is 0 Å². The number of imidazole rings is 1. The highest BCUT2D eigenvalue weighted by Gasteiger charge is 2.33. The quantitative estimate of drug-likeness (QED) is 0.445. The van der Waals surface area contributed by atoms with E-state index in [0.29, 0.717) is 25.2 Å². The van der Waals surface area contributed by atoms with E-state index in [1.165, 1.54) is 40.9 Å². The molecule has 2 aromatic rings. The lowest BCUT2D eigenvalue weighted by molar-refractivity contribution is -0.00835. The summed E-state index contributed by atoms with van der Waals surface area (Å²) in [6.07, 6.45) is 5.20. The van der Waals surface area contributed by atoms with Crippen LogP contribution in [-0.4, -0.2) is 104 Å². The number of rotatable bonds is 8. The number of nitrogens with one attached hydrogen (secondary N) is 1. The molecule has 0 saturated heterocycles. The van der Waals surface area contributed by atoms with Gasteiger partial charge in [0.1, 0.15) is 5.75 Å². The summed E-state index contributed by atoms with van der Waals surface area (Å²) in [5, 5.41) is 9.99. The van der Waals surface area contributed by atoms with Crippen molar-refractivity contribution >= 4 is 31.6 Å². The van der Waals surface area contributed by atoms with Crippen LogP contribution in [0.5, 0.6) is 5.75 Å². The minimum atomic E-state index is -3.89. The van der Waals surface area contributed by atoms with Crippen molar-refractivity contribution in [3.63, 3.8) is 0 Å². The van der Waals surface area contributed by atoms with Gasteiger partial charge in [-0.25, -0.2) is 21.8 Å². The van der Waals surface area contributed by atoms with Gasteiger partial charge in [-0.05, 0) is 51.3 Å². The van der Waals surface area contributed by atoms with Gasteiger partial charge in [0, 0.05) is 51.6 Å². The number of hydrogen-bond donors (Lipinski definition) is 2. The maximum Gasteiger partial charge on any atom is 0.261 e. The number of aliphatic hydroxyl groups is 1. The maximum absolute atomic E-state index is 14.1. The molecule has 1 aromatic carbocycles. The van der Waals surface area contributed by atoms with Crippen molar-refractivity contribution in [1.29, 1.82) is 0 Å². The van der Waals surface area contributed by atoms with Crippen molar-refractivity contribution in [2.24, 2.45) is 13.0 Å². The van der Waals surface area contributed by atoms with E-state index >= 15 is 0 Å². The Morgan fingerprint density at radius 3 is 2.55 bits per heavy atom. The van der Waals surface area contributed by atoms with Crippen LogP contribution in [0.1, 0.15) is 50.4 Å². The lowest BCUT2D eigenvalue weighted by atomic mass is 10.0. The van der Waals surface area contributed by atoms with E-state index < -0.39 is 38.1 Å². The predicted octanol–water partition coefficient (Wildman–Crippen LogP) is 1.91. The molecule has 4 atom stereocenters. The summed E-state index contributed by atoms with van der Waals surface area (Å²) in [6.45, 7) is 5.66. The summed E-state index contributed by atoms with van der Waals surface area (Å²) < 4.78 is 67.7. The van der Waals surface area contributed by atoms with Crippen molar-refractivity contribution < 1.29 is 36.2 Å². The van der Waals surface area contributed by atoms with Crippen molar-refractivity contribution in [2.45, 2.75) is 63.3 Å². The first-order valence-corrected chi connectivity index (χ1v) is 17.2. The number of carbonyl (C=O) groups is 1. The Kier molecular flexibility index (Phi) is 11.4. The molecule has 2 heterocycles. The van der Waals surface area contributed by atoms with Crippen LogP contribution in [-0.2, 0) is 31.8 Å². The van der Waals surface area contributed by atoms with E-state index in [-0.39, 0.29) is 48.0 Å². The predicted molar refractivity (Wildman–Crippen MR) is 158 cm³/mol. The Morgan fingerprint density at radius 2 is 1.93 bits per heavy atom. The third-order valence-electron chi connectivity index (χ3n) is 7.15. The molecule has 13 nitrogen and oxygen atoms in total. The number of anilines is 1. The second-order valence-corrected chi connectivity index (χ2v) is 14.8. The number of nitrogens with zero attached hydrogens (tertiary/aromatic N) is 4. The van der Waals surface area contributed by atoms with Crippen LogP contribution in [0.3, 0.4) is 0 Å². The molecule has 236 valence electrons. The molecule has 0 spiro atoms. The smallest absolute Gasteiger partial charge is 0.261 e. The number of sulfonamides is 2. The fourth-order valence-corrected chi connectivity index (χ4v) is 6.39. The highest BCUT2D eigenvalue weighted by molar-refractivity contribution is 7.92. The van der Waals surface area contributed by atoms with Crippen LogP contribution in [0.2, 0.25) is 0 Å². The van der Waals surface area contributed by atoms with Crippen molar-refractivity contribution in [1.82, 2.24) is 18.8 Å². The van der Waals surface area contributed by atoms with E-state index in [2.05, 4.69) is 9.71 Å². The average molecular weight is 630 g/mol. The zero-order valence-corrected chi connectivity index (χ0v) is 26.7. The number of carbonyl (C=O) groups excluding carboxylic acids is 1. The lowest BCUT2D eigenvalue weighted by Crippen LogP contribution is -2.48. The van der Waals surface area contributed by atoms with Gasteiger partial charge >= 0.3 is 0 Å². The Balaban J connectivity index is 1.98. The number of aromatic nitrogens is 2. The number of benzene rings is 1. The fourth-order valence-electron chi connectivity index (χ4n) is 4.70. The molecule has 1 amide bonds. The highest BCUT2D eigenvalue weighted by atomic mass is 32.2. The summed E-state index contributed by atoms with van der Waals surface area (Å²) in [4.78, 5) is 19.5. The minimum Gasteiger partial charge on any atom is -0.490 e. The summed E-state index contributed by atoms with van der Waals surface area (Å²) in [5.41, 5.74) is 0.349. The lowest BCUT2D eigenvalue weighted by Gasteiger charge is -2.35. The van der Waals surface area contributed by atoms with Crippen LogP contribution >= 0.6 is 0 Å². The molecule has 0 aliphatic carbocycles. The fraction of sp³-hybridized carbons (Fsp3) is 0.630. The van der Waals surface area contributed by atoms with Crippen molar-refractivity contribution in [3.8, 4) is 5.75 Å². The standard InChI is InChI=1S/C27H43N5O8S2/c1-19-14-32(20(2)17-33)27(34)23-13-22(29-41(6,35)36)10-11-24(23)40-21(3)9-7-8-12-39-25(19)15-31(5)42(37,38)26-16-30(4)18-28-26/h10-11,13,16,18-21,25,29,33H,7-9,12,14-15,17H2,1-6H3/t19-,20-,21-,25+/m1/s1. The molecule has 3 rings (SSSR count). The first kappa shape index (κ1) is 33.8. The van der Waals surface area contributed by atoms with Crippen LogP contribution < -0.4 is 9.46 Å². The van der Waals surface area contributed by atoms with E-state index in [1.807, 2.05) is 13.8 Å². The summed E-state index contributed by atoms with van der Waals surface area (Å²) in [5.74, 6) is -0.513. The number of likely N-dealkylation sites (N-methyl/N-ethyl adjacent to an activating group) is 1. The van der Waals surface area contributed by atoms with E-state index in [1.54, 1.807) is 24.6 Å². The van der Waals surface area contributed by atoms with Gasteiger partial charge in [0.05, 0.1) is 43.0 Å². The Morgan fingerprint density at radius 1 is 1.21 bits per heavy atom. The topological polar surface area (TPSA) is 160 Å². The molecule has 0 bridgehead atoms. The molecule has 1 aliphatic heterocycles. The van der Waals surface area contributed by atoms with E-state index in [4.69, 9.17) is 9.47 Å². The Hall–Kier alpha value is -2.72. The number of aliphatic hydroxyl groups excluding tert-OH is 1. The van der Waals surface area contributed by atoms with Crippen LogP contribution in [0.15, 0.2) is 35.7 Å². The normalized spacial score (nSPS) is 22.2. The molecule has 42 heavy (non-hydrogen) atoms. The van der Waals surface area contributed by atoms with E-state index in [0.717, 1.165) is 12.7 Å².